The molecule has 4 heteroatoms. The van der Waals surface area contributed by atoms with Crippen molar-refractivity contribution in [1.82, 2.24) is 0 Å². The summed E-state index contributed by atoms with van der Waals surface area (Å²) in [5, 5.41) is 0. The fourth-order valence-electron chi connectivity index (χ4n) is 2.56. The van der Waals surface area contributed by atoms with Gasteiger partial charge in [0.2, 0.25) is 0 Å². The van der Waals surface area contributed by atoms with Gasteiger partial charge in [0.25, 0.3) is 0 Å². The van der Waals surface area contributed by atoms with Gasteiger partial charge in [-0.1, -0.05) is 30.3 Å². The van der Waals surface area contributed by atoms with Crippen molar-refractivity contribution in [2.75, 3.05) is 13.2 Å². The molecule has 0 aromatic heterocycles. The Balaban J connectivity index is 1.32. The molecule has 1 aliphatic rings. The third-order valence-electron chi connectivity index (χ3n) is 3.81. The fraction of sp³-hybridized carbons (Fsp3) is 0.143. The highest BCUT2D eigenvalue weighted by molar-refractivity contribution is 5.40. The van der Waals surface area contributed by atoms with Gasteiger partial charge >= 0.3 is 0 Å². The Bertz CT molecular complexity index is 815. The van der Waals surface area contributed by atoms with Gasteiger partial charge in [0.15, 0.2) is 17.6 Å². The maximum Gasteiger partial charge on any atom is 0.166 e. The predicted octanol–water partition coefficient (Wildman–Crippen LogP) is 4.70. The van der Waals surface area contributed by atoms with Crippen LogP contribution >= 0.6 is 0 Å². The number of fused-ring (bicyclic) bond motifs is 1. The lowest BCUT2D eigenvalue weighted by atomic mass is 10.2. The van der Waals surface area contributed by atoms with E-state index in [-0.39, 0.29) is 6.10 Å². The molecule has 4 rings (SSSR count). The number of para-hydroxylation sites is 3. The van der Waals surface area contributed by atoms with Gasteiger partial charge in [-0.15, -0.1) is 0 Å². The second-order valence-electron chi connectivity index (χ2n) is 5.70. The molecule has 0 saturated carbocycles. The van der Waals surface area contributed by atoms with Crippen LogP contribution in [0.2, 0.25) is 0 Å². The summed E-state index contributed by atoms with van der Waals surface area (Å²) in [5.74, 6) is 3.88. The Morgan fingerprint density at radius 1 is 0.720 bits per heavy atom. The van der Waals surface area contributed by atoms with E-state index in [1.165, 1.54) is 0 Å². The maximum absolute atomic E-state index is 5.88. The third-order valence-corrected chi connectivity index (χ3v) is 3.81. The molecule has 0 spiro atoms. The van der Waals surface area contributed by atoms with Crippen LogP contribution < -0.4 is 18.9 Å². The summed E-state index contributed by atoms with van der Waals surface area (Å²) < 4.78 is 23.1. The highest BCUT2D eigenvalue weighted by Gasteiger charge is 2.21. The lowest BCUT2D eigenvalue weighted by molar-refractivity contribution is 0.0535. The van der Waals surface area contributed by atoms with E-state index in [0.717, 1.165) is 28.7 Å². The van der Waals surface area contributed by atoms with E-state index in [1.807, 2.05) is 78.9 Å². The largest absolute Gasteiger partial charge is 0.490 e. The van der Waals surface area contributed by atoms with Gasteiger partial charge in [-0.3, -0.25) is 0 Å². The minimum absolute atomic E-state index is 0.129. The van der Waals surface area contributed by atoms with Crippen molar-refractivity contribution in [1.29, 1.82) is 0 Å². The first kappa shape index (κ1) is 15.4. The van der Waals surface area contributed by atoms with Crippen LogP contribution in [-0.4, -0.2) is 19.3 Å². The molecule has 25 heavy (non-hydrogen) atoms. The molecular weight excluding hydrogens is 316 g/mol. The first-order chi connectivity index (χ1) is 12.4. The number of hydrogen-bond acceptors (Lipinski definition) is 4. The monoisotopic (exact) mass is 334 g/mol. The summed E-state index contributed by atoms with van der Waals surface area (Å²) in [6, 6.07) is 24.9. The molecule has 4 nitrogen and oxygen atoms in total. The predicted molar refractivity (Wildman–Crippen MR) is 94.8 cm³/mol. The molecule has 0 bridgehead atoms. The van der Waals surface area contributed by atoms with E-state index in [2.05, 4.69) is 0 Å². The van der Waals surface area contributed by atoms with Crippen LogP contribution in [0.1, 0.15) is 0 Å². The number of hydrogen-bond donors (Lipinski definition) is 0. The first-order valence-electron chi connectivity index (χ1n) is 8.21. The molecule has 1 aliphatic heterocycles. The molecule has 1 atom stereocenters. The van der Waals surface area contributed by atoms with E-state index in [4.69, 9.17) is 18.9 Å². The lowest BCUT2D eigenvalue weighted by Crippen LogP contribution is -2.34. The lowest BCUT2D eigenvalue weighted by Gasteiger charge is -2.26. The van der Waals surface area contributed by atoms with Gasteiger partial charge in [0.05, 0.1) is 0 Å². The number of benzene rings is 3. The van der Waals surface area contributed by atoms with Gasteiger partial charge in [-0.2, -0.15) is 0 Å². The van der Waals surface area contributed by atoms with E-state index < -0.39 is 0 Å². The van der Waals surface area contributed by atoms with Crippen LogP contribution in [0.15, 0.2) is 78.9 Å². The first-order valence-corrected chi connectivity index (χ1v) is 8.21. The summed E-state index contributed by atoms with van der Waals surface area (Å²) >= 11 is 0. The smallest absolute Gasteiger partial charge is 0.166 e. The molecule has 0 amide bonds. The van der Waals surface area contributed by atoms with Crippen LogP contribution in [0.4, 0.5) is 0 Å². The minimum atomic E-state index is -0.129. The van der Waals surface area contributed by atoms with E-state index in [9.17, 15) is 0 Å². The van der Waals surface area contributed by atoms with Crippen LogP contribution in [0.25, 0.3) is 0 Å². The third kappa shape index (κ3) is 3.86. The zero-order valence-corrected chi connectivity index (χ0v) is 13.6. The molecule has 0 saturated heterocycles. The van der Waals surface area contributed by atoms with E-state index in [1.54, 1.807) is 0 Å². The van der Waals surface area contributed by atoms with Crippen molar-refractivity contribution in [3.05, 3.63) is 78.9 Å². The number of rotatable bonds is 5. The van der Waals surface area contributed by atoms with Crippen LogP contribution in [0.3, 0.4) is 0 Å². The normalized spacial score (nSPS) is 15.4. The average Bonchev–Trinajstić information content (AvgIpc) is 2.68. The molecule has 3 aromatic carbocycles. The highest BCUT2D eigenvalue weighted by Crippen LogP contribution is 2.31. The second kappa shape index (κ2) is 7.18. The van der Waals surface area contributed by atoms with Gasteiger partial charge in [0.1, 0.15) is 30.5 Å². The Morgan fingerprint density at radius 3 is 2.16 bits per heavy atom. The minimum Gasteiger partial charge on any atom is -0.490 e. The van der Waals surface area contributed by atoms with Gasteiger partial charge in [-0.05, 0) is 48.5 Å². The van der Waals surface area contributed by atoms with Crippen LogP contribution in [0, 0.1) is 0 Å². The van der Waals surface area contributed by atoms with Crippen molar-refractivity contribution >= 4 is 0 Å². The van der Waals surface area contributed by atoms with Crippen LogP contribution in [-0.2, 0) is 0 Å². The SMILES string of the molecule is c1ccc(Oc2ccc(OCC3COc4ccccc4O3)cc2)cc1. The van der Waals surface area contributed by atoms with Crippen molar-refractivity contribution in [3.63, 3.8) is 0 Å². The molecule has 1 unspecified atom stereocenters. The van der Waals surface area contributed by atoms with Crippen molar-refractivity contribution in [3.8, 4) is 28.7 Å². The van der Waals surface area contributed by atoms with Crippen molar-refractivity contribution in [2.45, 2.75) is 6.10 Å². The molecular formula is C21H18O4. The Kier molecular flexibility index (Phi) is 4.42. The number of ether oxygens (including phenoxy) is 4. The van der Waals surface area contributed by atoms with Crippen molar-refractivity contribution in [2.24, 2.45) is 0 Å². The zero-order chi connectivity index (χ0) is 16.9. The molecule has 126 valence electrons. The zero-order valence-electron chi connectivity index (χ0n) is 13.6. The maximum atomic E-state index is 5.88. The standard InChI is InChI=1S/C21H18O4/c1-2-6-17(7-3-1)24-18-12-10-16(11-13-18)22-14-19-15-23-20-8-4-5-9-21(20)25-19/h1-13,19H,14-15H2. The Morgan fingerprint density at radius 2 is 1.36 bits per heavy atom. The summed E-state index contributed by atoms with van der Waals surface area (Å²) in [6.45, 7) is 0.902. The molecule has 3 aromatic rings. The Labute approximate surface area is 146 Å². The van der Waals surface area contributed by atoms with Gasteiger partial charge in [-0.25, -0.2) is 0 Å². The summed E-state index contributed by atoms with van der Waals surface area (Å²) in [5.41, 5.74) is 0. The molecule has 0 radical (unpaired) electrons. The summed E-state index contributed by atoms with van der Waals surface area (Å²) in [6.07, 6.45) is -0.129. The Hall–Kier alpha value is -3.14. The molecule has 0 aliphatic carbocycles. The van der Waals surface area contributed by atoms with Crippen molar-refractivity contribution < 1.29 is 18.9 Å². The molecule has 1 heterocycles. The van der Waals surface area contributed by atoms with Gasteiger partial charge < -0.3 is 18.9 Å². The van der Waals surface area contributed by atoms with E-state index in [0.29, 0.717) is 13.2 Å². The summed E-state index contributed by atoms with van der Waals surface area (Å²) in [7, 11) is 0. The van der Waals surface area contributed by atoms with Crippen LogP contribution in [0.5, 0.6) is 28.7 Å². The topological polar surface area (TPSA) is 36.9 Å². The molecule has 0 fully saturated rings. The van der Waals surface area contributed by atoms with Gasteiger partial charge in [0, 0.05) is 0 Å². The summed E-state index contributed by atoms with van der Waals surface area (Å²) in [4.78, 5) is 0. The highest BCUT2D eigenvalue weighted by atomic mass is 16.6. The quantitative estimate of drug-likeness (QED) is 0.678. The second-order valence-corrected chi connectivity index (χ2v) is 5.70. The fourth-order valence-corrected chi connectivity index (χ4v) is 2.56. The van der Waals surface area contributed by atoms with E-state index >= 15 is 0 Å². The average molecular weight is 334 g/mol. The molecule has 0 N–H and O–H groups in total.